The minimum atomic E-state index is -1.09. The number of amides is 1. The Balaban J connectivity index is 1.92. The van der Waals surface area contributed by atoms with Gasteiger partial charge < -0.3 is 25.9 Å². The van der Waals surface area contributed by atoms with Gasteiger partial charge in [0.15, 0.2) is 0 Å². The molecule has 0 aliphatic heterocycles. The van der Waals surface area contributed by atoms with Gasteiger partial charge in [-0.1, -0.05) is 25.1 Å². The molecule has 178 valence electrons. The first-order valence-electron chi connectivity index (χ1n) is 11.0. The maximum atomic E-state index is 12.4. The molecular weight excluding hydrogens is 444 g/mol. The number of aromatic carboxylic acids is 1. The summed E-state index contributed by atoms with van der Waals surface area (Å²) in [6.07, 6.45) is 1.90. The smallest absolute Gasteiger partial charge is 0.336 e. The average Bonchev–Trinajstić information content (AvgIpc) is 3.30. The van der Waals surface area contributed by atoms with E-state index in [1.165, 1.54) is 13.2 Å². The number of aromatic nitrogens is 1. The highest BCUT2D eigenvalue weighted by atomic mass is 16.5. The molecule has 4 rings (SSSR count). The van der Waals surface area contributed by atoms with Crippen molar-refractivity contribution in [3.05, 3.63) is 88.6 Å². The van der Waals surface area contributed by atoms with Crippen molar-refractivity contribution in [3.63, 3.8) is 0 Å². The van der Waals surface area contributed by atoms with Gasteiger partial charge in [0.25, 0.3) is 5.91 Å². The number of hydrogen-bond donors (Lipinski definition) is 5. The third kappa shape index (κ3) is 4.33. The highest BCUT2D eigenvalue weighted by Crippen LogP contribution is 2.39. The Morgan fingerprint density at radius 2 is 1.77 bits per heavy atom. The van der Waals surface area contributed by atoms with Crippen LogP contribution in [0.1, 0.15) is 50.2 Å². The molecule has 0 bridgehead atoms. The number of carboxylic acids is 1. The van der Waals surface area contributed by atoms with Crippen LogP contribution in [0.3, 0.4) is 0 Å². The van der Waals surface area contributed by atoms with E-state index in [-0.39, 0.29) is 23.2 Å². The van der Waals surface area contributed by atoms with Gasteiger partial charge in [-0.05, 0) is 58.7 Å². The summed E-state index contributed by atoms with van der Waals surface area (Å²) in [5, 5.41) is 21.2. The Labute approximate surface area is 202 Å². The fourth-order valence-corrected chi connectivity index (χ4v) is 4.36. The number of nitrogens with one attached hydrogen (secondary N) is 3. The van der Waals surface area contributed by atoms with E-state index in [4.69, 9.17) is 15.9 Å². The number of carboxylic acid groups (broad SMARTS) is 1. The number of H-pyrrole nitrogens is 1. The van der Waals surface area contributed by atoms with E-state index in [9.17, 15) is 14.7 Å². The lowest BCUT2D eigenvalue weighted by atomic mass is 9.84. The molecule has 0 aliphatic rings. The first-order chi connectivity index (χ1) is 16.7. The van der Waals surface area contributed by atoms with Gasteiger partial charge in [-0.15, -0.1) is 0 Å². The highest BCUT2D eigenvalue weighted by Gasteiger charge is 2.22. The van der Waals surface area contributed by atoms with Crippen molar-refractivity contribution in [2.24, 2.45) is 5.73 Å². The molecule has 35 heavy (non-hydrogen) atoms. The number of carbonyl (C=O) groups excluding carboxylic acids is 1. The fraction of sp³-hybridized carbons (Fsp3) is 0.148. The zero-order valence-corrected chi connectivity index (χ0v) is 19.6. The van der Waals surface area contributed by atoms with Crippen LogP contribution in [0.15, 0.2) is 60.8 Å². The van der Waals surface area contributed by atoms with Gasteiger partial charge in [0.1, 0.15) is 11.6 Å². The Morgan fingerprint density at radius 3 is 2.43 bits per heavy atom. The van der Waals surface area contributed by atoms with Crippen LogP contribution in [0.25, 0.3) is 22.0 Å². The second kappa shape index (κ2) is 9.34. The number of ether oxygens (including phenoxy) is 1. The molecule has 1 heterocycles. The molecule has 8 nitrogen and oxygen atoms in total. The van der Waals surface area contributed by atoms with E-state index in [1.54, 1.807) is 37.4 Å². The van der Waals surface area contributed by atoms with Gasteiger partial charge >= 0.3 is 5.97 Å². The van der Waals surface area contributed by atoms with Crippen molar-refractivity contribution in [2.45, 2.75) is 12.8 Å². The van der Waals surface area contributed by atoms with Crippen LogP contribution < -0.4 is 15.8 Å². The molecule has 4 aromatic rings. The van der Waals surface area contributed by atoms with E-state index in [0.29, 0.717) is 28.0 Å². The summed E-state index contributed by atoms with van der Waals surface area (Å²) in [5.74, 6) is -1.08. The first-order valence-corrected chi connectivity index (χ1v) is 11.0. The molecule has 0 saturated heterocycles. The molecular formula is C27H26N4O4. The molecule has 0 aliphatic carbocycles. The normalized spacial score (nSPS) is 11.7. The number of aromatic amines is 1. The average molecular weight is 471 g/mol. The predicted octanol–water partition coefficient (Wildman–Crippen LogP) is 4.34. The molecule has 1 aromatic heterocycles. The van der Waals surface area contributed by atoms with Crippen LogP contribution in [0.5, 0.6) is 5.75 Å². The molecule has 6 N–H and O–H groups in total. The standard InChI is InChI=1S/C27H26N4O4/c1-14(23-13-31-24-11-15(25(28)29)4-8-20(23)24)18-7-5-16(26(32)30-2)10-21(18)19-9-6-17(35-3)12-22(19)27(33)34/h4-14,31H,1-3H3,(H3,28,29)(H,30,32)(H,33,34). The Kier molecular flexibility index (Phi) is 6.29. The van der Waals surface area contributed by atoms with E-state index in [2.05, 4.69) is 10.3 Å². The lowest BCUT2D eigenvalue weighted by Gasteiger charge is -2.19. The summed E-state index contributed by atoms with van der Waals surface area (Å²) in [7, 11) is 3.03. The zero-order valence-electron chi connectivity index (χ0n) is 19.6. The van der Waals surface area contributed by atoms with Crippen LogP contribution in [-0.2, 0) is 0 Å². The monoisotopic (exact) mass is 470 g/mol. The fourth-order valence-electron chi connectivity index (χ4n) is 4.36. The summed E-state index contributed by atoms with van der Waals surface area (Å²) < 4.78 is 5.23. The number of amidine groups is 1. The van der Waals surface area contributed by atoms with Crippen LogP contribution in [0.2, 0.25) is 0 Å². The van der Waals surface area contributed by atoms with Crippen LogP contribution >= 0.6 is 0 Å². The van der Waals surface area contributed by atoms with Crippen LogP contribution in [0, 0.1) is 5.41 Å². The Hall–Kier alpha value is -4.59. The van der Waals surface area contributed by atoms with Crippen molar-refractivity contribution in [2.75, 3.05) is 14.2 Å². The van der Waals surface area contributed by atoms with Gasteiger partial charge in [-0.25, -0.2) is 4.79 Å². The minimum absolute atomic E-state index is 0.0103. The van der Waals surface area contributed by atoms with Crippen molar-refractivity contribution < 1.29 is 19.4 Å². The molecule has 8 heteroatoms. The number of nitrogens with two attached hydrogens (primary N) is 1. The van der Waals surface area contributed by atoms with E-state index in [0.717, 1.165) is 22.0 Å². The largest absolute Gasteiger partial charge is 0.497 e. The number of hydrogen-bond acceptors (Lipinski definition) is 4. The second-order valence-corrected chi connectivity index (χ2v) is 8.24. The molecule has 0 fully saturated rings. The van der Waals surface area contributed by atoms with E-state index in [1.807, 2.05) is 31.3 Å². The van der Waals surface area contributed by atoms with Gasteiger partial charge in [0.2, 0.25) is 0 Å². The molecule has 1 unspecified atom stereocenters. The van der Waals surface area contributed by atoms with E-state index < -0.39 is 5.97 Å². The molecule has 1 amide bonds. The number of methoxy groups -OCH3 is 1. The summed E-state index contributed by atoms with van der Waals surface area (Å²) in [4.78, 5) is 27.8. The van der Waals surface area contributed by atoms with Gasteiger partial charge in [-0.3, -0.25) is 10.2 Å². The van der Waals surface area contributed by atoms with E-state index >= 15 is 0 Å². The number of rotatable bonds is 7. The number of carbonyl (C=O) groups is 2. The number of fused-ring (bicyclic) bond motifs is 1. The SMILES string of the molecule is CNC(=O)c1ccc(C(C)c2c[nH]c3cc(C(=N)N)ccc23)c(-c2ccc(OC)cc2C(=O)O)c1. The molecule has 1 atom stereocenters. The van der Waals surface area contributed by atoms with Crippen molar-refractivity contribution >= 4 is 28.6 Å². The lowest BCUT2D eigenvalue weighted by Crippen LogP contribution is -2.18. The maximum absolute atomic E-state index is 12.4. The highest BCUT2D eigenvalue weighted by molar-refractivity contribution is 6.01. The second-order valence-electron chi connectivity index (χ2n) is 8.24. The summed E-state index contributed by atoms with van der Waals surface area (Å²) in [6.45, 7) is 2.03. The third-order valence-electron chi connectivity index (χ3n) is 6.25. The lowest BCUT2D eigenvalue weighted by molar-refractivity contribution is 0.0697. The summed E-state index contributed by atoms with van der Waals surface area (Å²) in [6, 6.07) is 15.8. The molecule has 0 radical (unpaired) electrons. The molecule has 0 saturated carbocycles. The van der Waals surface area contributed by atoms with Crippen molar-refractivity contribution in [1.82, 2.24) is 10.3 Å². The van der Waals surface area contributed by atoms with Crippen molar-refractivity contribution in [3.8, 4) is 16.9 Å². The third-order valence-corrected chi connectivity index (χ3v) is 6.25. The summed E-state index contributed by atoms with van der Waals surface area (Å²) in [5.41, 5.74) is 10.6. The first kappa shape index (κ1) is 23.6. The summed E-state index contributed by atoms with van der Waals surface area (Å²) >= 11 is 0. The number of benzene rings is 3. The minimum Gasteiger partial charge on any atom is -0.497 e. The topological polar surface area (TPSA) is 141 Å². The van der Waals surface area contributed by atoms with Gasteiger partial charge in [-0.2, -0.15) is 0 Å². The Morgan fingerprint density at radius 1 is 1.03 bits per heavy atom. The van der Waals surface area contributed by atoms with Crippen molar-refractivity contribution in [1.29, 1.82) is 5.41 Å². The Bertz CT molecular complexity index is 1470. The van der Waals surface area contributed by atoms with Gasteiger partial charge in [0.05, 0.1) is 12.7 Å². The van der Waals surface area contributed by atoms with Crippen LogP contribution in [-0.4, -0.2) is 42.0 Å². The molecule has 3 aromatic carbocycles. The van der Waals surface area contributed by atoms with Gasteiger partial charge in [0, 0.05) is 41.2 Å². The maximum Gasteiger partial charge on any atom is 0.336 e. The quantitative estimate of drug-likeness (QED) is 0.202. The predicted molar refractivity (Wildman–Crippen MR) is 136 cm³/mol. The van der Waals surface area contributed by atoms with Crippen LogP contribution in [0.4, 0.5) is 0 Å². The molecule has 0 spiro atoms. The zero-order chi connectivity index (χ0) is 25.3. The number of nitrogen functional groups attached to an aromatic ring is 1.